The summed E-state index contributed by atoms with van der Waals surface area (Å²) in [6.07, 6.45) is 2.36. The molecule has 2 heterocycles. The third kappa shape index (κ3) is 4.92. The molecule has 3 rings (SSSR count). The minimum Gasteiger partial charge on any atom is -0.489 e. The molecule has 1 N–H and O–H groups in total. The number of thiazole rings is 1. The fourth-order valence-corrected chi connectivity index (χ4v) is 4.55. The number of rotatable bonds is 7. The summed E-state index contributed by atoms with van der Waals surface area (Å²) in [6, 6.07) is 5.32. The highest BCUT2D eigenvalue weighted by Crippen LogP contribution is 2.34. The number of carbonyl (C=O) groups excluding carboxylic acids is 2. The zero-order chi connectivity index (χ0) is 21.8. The highest BCUT2D eigenvalue weighted by molar-refractivity contribution is 7.11. The molecule has 2 amide bonds. The molecule has 0 spiro atoms. The van der Waals surface area contributed by atoms with Crippen LogP contribution in [0.15, 0.2) is 18.2 Å². The number of hydrogen-bond donors (Lipinski definition) is 1. The Kier molecular flexibility index (Phi) is 6.97. The number of likely N-dealkylation sites (N-methyl/N-ethyl adjacent to an activating group) is 1. The van der Waals surface area contributed by atoms with Crippen LogP contribution in [-0.2, 0) is 17.8 Å². The quantitative estimate of drug-likeness (QED) is 0.731. The summed E-state index contributed by atoms with van der Waals surface area (Å²) >= 11 is 1.67. The SMILES string of the molecule is CCCc1nc(C)c(CNC(=O)CC2COc3ccc(C(=O)N(C)C)cc3N2C)s1. The van der Waals surface area contributed by atoms with Gasteiger partial charge in [-0.05, 0) is 38.0 Å². The topological polar surface area (TPSA) is 74.8 Å². The second-order valence-electron chi connectivity index (χ2n) is 7.80. The highest BCUT2D eigenvalue weighted by atomic mass is 32.1. The van der Waals surface area contributed by atoms with Crippen LogP contribution < -0.4 is 15.0 Å². The van der Waals surface area contributed by atoms with Gasteiger partial charge in [-0.25, -0.2) is 4.98 Å². The Balaban J connectivity index is 1.62. The van der Waals surface area contributed by atoms with Gasteiger partial charge >= 0.3 is 0 Å². The number of carbonyl (C=O) groups is 2. The zero-order valence-corrected chi connectivity index (χ0v) is 19.1. The van der Waals surface area contributed by atoms with Gasteiger partial charge in [0.05, 0.1) is 35.4 Å². The predicted molar refractivity (Wildman–Crippen MR) is 119 cm³/mol. The second-order valence-corrected chi connectivity index (χ2v) is 8.97. The Morgan fingerprint density at radius 1 is 1.37 bits per heavy atom. The van der Waals surface area contributed by atoms with Crippen LogP contribution in [0.1, 0.15) is 45.7 Å². The fourth-order valence-electron chi connectivity index (χ4n) is 3.43. The van der Waals surface area contributed by atoms with E-state index in [1.54, 1.807) is 36.4 Å². The molecule has 7 nitrogen and oxygen atoms in total. The lowest BCUT2D eigenvalue weighted by atomic mass is 10.1. The molecule has 1 aliphatic rings. The summed E-state index contributed by atoms with van der Waals surface area (Å²) in [5.41, 5.74) is 2.42. The smallest absolute Gasteiger partial charge is 0.253 e. The number of amides is 2. The van der Waals surface area contributed by atoms with E-state index in [9.17, 15) is 9.59 Å². The van der Waals surface area contributed by atoms with Gasteiger partial charge in [0.1, 0.15) is 12.4 Å². The predicted octanol–water partition coefficient (Wildman–Crippen LogP) is 3.01. The first-order valence-corrected chi connectivity index (χ1v) is 11.0. The van der Waals surface area contributed by atoms with Crippen LogP contribution in [0.5, 0.6) is 5.75 Å². The number of anilines is 1. The molecule has 1 aromatic carbocycles. The van der Waals surface area contributed by atoms with E-state index in [0.717, 1.165) is 39.9 Å². The van der Waals surface area contributed by atoms with E-state index in [4.69, 9.17) is 4.74 Å². The minimum absolute atomic E-state index is 0.0238. The molecule has 0 saturated carbocycles. The summed E-state index contributed by atoms with van der Waals surface area (Å²) in [7, 11) is 5.39. The average molecular weight is 431 g/mol. The van der Waals surface area contributed by atoms with Gasteiger partial charge in [0, 0.05) is 31.6 Å². The molecule has 2 aromatic rings. The van der Waals surface area contributed by atoms with E-state index in [1.807, 2.05) is 31.0 Å². The van der Waals surface area contributed by atoms with Crippen molar-refractivity contribution in [1.82, 2.24) is 15.2 Å². The molecule has 0 fully saturated rings. The van der Waals surface area contributed by atoms with E-state index in [2.05, 4.69) is 17.2 Å². The van der Waals surface area contributed by atoms with Crippen LogP contribution in [-0.4, -0.2) is 55.5 Å². The van der Waals surface area contributed by atoms with Crippen LogP contribution in [0.4, 0.5) is 5.69 Å². The number of aryl methyl sites for hydroxylation is 2. The normalized spacial score (nSPS) is 15.4. The Morgan fingerprint density at radius 3 is 2.83 bits per heavy atom. The first kappa shape index (κ1) is 22.1. The van der Waals surface area contributed by atoms with E-state index in [0.29, 0.717) is 25.1 Å². The van der Waals surface area contributed by atoms with Gasteiger partial charge in [-0.2, -0.15) is 0 Å². The lowest BCUT2D eigenvalue weighted by Gasteiger charge is -2.35. The van der Waals surface area contributed by atoms with Gasteiger partial charge in [0.2, 0.25) is 5.91 Å². The Bertz CT molecular complexity index is 925. The Labute approximate surface area is 182 Å². The third-order valence-electron chi connectivity index (χ3n) is 5.24. The Hall–Kier alpha value is -2.61. The van der Waals surface area contributed by atoms with E-state index < -0.39 is 0 Å². The largest absolute Gasteiger partial charge is 0.489 e. The van der Waals surface area contributed by atoms with Crippen molar-refractivity contribution in [2.24, 2.45) is 0 Å². The molecule has 30 heavy (non-hydrogen) atoms. The summed E-state index contributed by atoms with van der Waals surface area (Å²) < 4.78 is 5.86. The highest BCUT2D eigenvalue weighted by Gasteiger charge is 2.28. The maximum absolute atomic E-state index is 12.6. The maximum Gasteiger partial charge on any atom is 0.253 e. The lowest BCUT2D eigenvalue weighted by Crippen LogP contribution is -2.43. The molecular formula is C22H30N4O3S. The number of nitrogens with one attached hydrogen (secondary N) is 1. The van der Waals surface area contributed by atoms with Crippen molar-refractivity contribution in [3.63, 3.8) is 0 Å². The summed E-state index contributed by atoms with van der Waals surface area (Å²) in [6.45, 7) is 5.06. The summed E-state index contributed by atoms with van der Waals surface area (Å²) in [5.74, 6) is 0.644. The van der Waals surface area contributed by atoms with Crippen molar-refractivity contribution in [3.05, 3.63) is 39.3 Å². The lowest BCUT2D eigenvalue weighted by molar-refractivity contribution is -0.121. The number of aromatic nitrogens is 1. The summed E-state index contributed by atoms with van der Waals surface area (Å²) in [4.78, 5) is 34.1. The second kappa shape index (κ2) is 9.47. The van der Waals surface area contributed by atoms with Gasteiger partial charge in [-0.15, -0.1) is 11.3 Å². The molecule has 0 radical (unpaired) electrons. The minimum atomic E-state index is -0.0968. The molecule has 0 aliphatic carbocycles. The monoisotopic (exact) mass is 430 g/mol. The van der Waals surface area contributed by atoms with Crippen LogP contribution in [0.25, 0.3) is 0 Å². The fraction of sp³-hybridized carbons (Fsp3) is 0.500. The standard InChI is InChI=1S/C22H30N4O3S/c1-6-7-21-24-14(2)19(30-21)12-23-20(27)11-16-13-29-18-9-8-15(22(28)25(3)4)10-17(18)26(16)5/h8-10,16H,6-7,11-13H2,1-5H3,(H,23,27). The van der Waals surface area contributed by atoms with E-state index in [1.165, 1.54) is 0 Å². The first-order valence-electron chi connectivity index (χ1n) is 10.2. The van der Waals surface area contributed by atoms with Crippen LogP contribution in [0.2, 0.25) is 0 Å². The molecule has 1 unspecified atom stereocenters. The summed E-state index contributed by atoms with van der Waals surface area (Å²) in [5, 5.41) is 4.14. The molecule has 0 bridgehead atoms. The molecule has 0 saturated heterocycles. The van der Waals surface area contributed by atoms with Gasteiger partial charge in [0.15, 0.2) is 0 Å². The van der Waals surface area contributed by atoms with Crippen LogP contribution >= 0.6 is 11.3 Å². The van der Waals surface area contributed by atoms with Crippen LogP contribution in [0, 0.1) is 6.92 Å². The third-order valence-corrected chi connectivity index (χ3v) is 6.46. The Morgan fingerprint density at radius 2 is 2.13 bits per heavy atom. The molecular weight excluding hydrogens is 400 g/mol. The number of nitrogens with zero attached hydrogens (tertiary/aromatic N) is 3. The number of ether oxygens (including phenoxy) is 1. The van der Waals surface area contributed by atoms with Gasteiger partial charge in [-0.3, -0.25) is 9.59 Å². The maximum atomic E-state index is 12.6. The first-order chi connectivity index (χ1) is 14.3. The van der Waals surface area contributed by atoms with Crippen molar-refractivity contribution in [2.75, 3.05) is 32.6 Å². The average Bonchev–Trinajstić information content (AvgIpc) is 3.07. The number of hydrogen-bond acceptors (Lipinski definition) is 6. The van der Waals surface area contributed by atoms with Crippen molar-refractivity contribution < 1.29 is 14.3 Å². The van der Waals surface area contributed by atoms with Crippen molar-refractivity contribution in [3.8, 4) is 5.75 Å². The van der Waals surface area contributed by atoms with Gasteiger partial charge in [0.25, 0.3) is 5.91 Å². The van der Waals surface area contributed by atoms with Crippen molar-refractivity contribution in [1.29, 1.82) is 0 Å². The van der Waals surface area contributed by atoms with E-state index >= 15 is 0 Å². The molecule has 162 valence electrons. The molecule has 1 aromatic heterocycles. The molecule has 1 atom stereocenters. The molecule has 8 heteroatoms. The van der Waals surface area contributed by atoms with Crippen molar-refractivity contribution in [2.45, 2.75) is 45.7 Å². The van der Waals surface area contributed by atoms with Gasteiger partial charge in [-0.1, -0.05) is 6.92 Å². The van der Waals surface area contributed by atoms with Crippen LogP contribution in [0.3, 0.4) is 0 Å². The number of fused-ring (bicyclic) bond motifs is 1. The van der Waals surface area contributed by atoms with Crippen molar-refractivity contribution >= 4 is 28.8 Å². The zero-order valence-electron chi connectivity index (χ0n) is 18.3. The number of benzene rings is 1. The molecule has 1 aliphatic heterocycles. The van der Waals surface area contributed by atoms with E-state index in [-0.39, 0.29) is 17.9 Å². The van der Waals surface area contributed by atoms with Gasteiger partial charge < -0.3 is 19.9 Å².